The summed E-state index contributed by atoms with van der Waals surface area (Å²) in [5.41, 5.74) is 2.46. The Balaban J connectivity index is 1.87. The lowest BCUT2D eigenvalue weighted by atomic mass is 9.77. The Labute approximate surface area is 186 Å². The highest BCUT2D eigenvalue weighted by Gasteiger charge is 2.42. The molecule has 0 aromatic heterocycles. The van der Waals surface area contributed by atoms with Crippen LogP contribution in [0.15, 0.2) is 34.8 Å². The topological polar surface area (TPSA) is 82.1 Å². The second kappa shape index (κ2) is 11.5. The van der Waals surface area contributed by atoms with Crippen molar-refractivity contribution in [3.63, 3.8) is 0 Å². The maximum absolute atomic E-state index is 12.5. The predicted octanol–water partition coefficient (Wildman–Crippen LogP) is 4.48. The van der Waals surface area contributed by atoms with E-state index in [1.807, 2.05) is 13.8 Å². The average molecular weight is 435 g/mol. The summed E-state index contributed by atoms with van der Waals surface area (Å²) in [5, 5.41) is 10.7. The van der Waals surface area contributed by atoms with Crippen LogP contribution in [-0.4, -0.2) is 43.3 Å². The standard InChI is InChI=1S/C25H38O6/c1-15(8-7-9-16(2)14-19-12-11-17(3)25(28)31-19)10-13-20-18(4)21(26)23(29-5)24(30-6)22(20)27/h9-10,17-20,22,27H,7-8,11-14H2,1-6H3. The maximum Gasteiger partial charge on any atom is 0.308 e. The zero-order valence-corrected chi connectivity index (χ0v) is 19.8. The first-order valence-corrected chi connectivity index (χ1v) is 11.3. The Morgan fingerprint density at radius 1 is 1.10 bits per heavy atom. The molecule has 1 aliphatic carbocycles. The van der Waals surface area contributed by atoms with Crippen LogP contribution in [0.4, 0.5) is 0 Å². The van der Waals surface area contributed by atoms with Gasteiger partial charge in [0.15, 0.2) is 5.76 Å². The number of hydrogen-bond acceptors (Lipinski definition) is 6. The lowest BCUT2D eigenvalue weighted by molar-refractivity contribution is -0.159. The third kappa shape index (κ3) is 6.45. The number of carbonyl (C=O) groups excluding carboxylic acids is 2. The van der Waals surface area contributed by atoms with Gasteiger partial charge in [0.25, 0.3) is 0 Å². The van der Waals surface area contributed by atoms with Crippen LogP contribution in [0.1, 0.15) is 66.2 Å². The minimum atomic E-state index is -0.861. The summed E-state index contributed by atoms with van der Waals surface area (Å²) in [4.78, 5) is 24.3. The van der Waals surface area contributed by atoms with Crippen LogP contribution >= 0.6 is 0 Å². The molecular weight excluding hydrogens is 396 g/mol. The van der Waals surface area contributed by atoms with Gasteiger partial charge in [0.2, 0.25) is 11.5 Å². The smallest absolute Gasteiger partial charge is 0.308 e. The molecule has 174 valence electrons. The molecule has 0 aromatic rings. The highest BCUT2D eigenvalue weighted by Crippen LogP contribution is 2.35. The summed E-state index contributed by atoms with van der Waals surface area (Å²) < 4.78 is 15.9. The number of carbonyl (C=O) groups is 2. The number of Topliss-reactive ketones (excluding diaryl/α,β-unsaturated/α-hetero) is 1. The van der Waals surface area contributed by atoms with E-state index >= 15 is 0 Å². The second-order valence-corrected chi connectivity index (χ2v) is 8.98. The largest absolute Gasteiger partial charge is 0.494 e. The van der Waals surface area contributed by atoms with Crippen molar-refractivity contribution in [3.05, 3.63) is 34.8 Å². The molecule has 1 aliphatic heterocycles. The van der Waals surface area contributed by atoms with E-state index < -0.39 is 6.10 Å². The molecule has 0 saturated carbocycles. The zero-order chi connectivity index (χ0) is 23.1. The van der Waals surface area contributed by atoms with Gasteiger partial charge in [-0.2, -0.15) is 0 Å². The molecule has 1 fully saturated rings. The van der Waals surface area contributed by atoms with Gasteiger partial charge in [0.1, 0.15) is 12.2 Å². The van der Waals surface area contributed by atoms with Gasteiger partial charge in [0.05, 0.1) is 20.1 Å². The molecular formula is C25H38O6. The summed E-state index contributed by atoms with van der Waals surface area (Å²) in [6, 6.07) is 0. The van der Waals surface area contributed by atoms with Crippen molar-refractivity contribution in [2.75, 3.05) is 14.2 Å². The fourth-order valence-electron chi connectivity index (χ4n) is 4.34. The lowest BCUT2D eigenvalue weighted by Crippen LogP contribution is -2.40. The van der Waals surface area contributed by atoms with Crippen molar-refractivity contribution in [3.8, 4) is 0 Å². The first-order valence-electron chi connectivity index (χ1n) is 11.3. The number of methoxy groups -OCH3 is 2. The molecule has 31 heavy (non-hydrogen) atoms. The molecule has 6 nitrogen and oxygen atoms in total. The van der Waals surface area contributed by atoms with Gasteiger partial charge in [-0.3, -0.25) is 9.59 Å². The van der Waals surface area contributed by atoms with Crippen molar-refractivity contribution < 1.29 is 28.9 Å². The predicted molar refractivity (Wildman–Crippen MR) is 119 cm³/mol. The van der Waals surface area contributed by atoms with Gasteiger partial charge in [-0.05, 0) is 46.0 Å². The number of esters is 1. The number of aliphatic hydroxyl groups is 1. The Morgan fingerprint density at radius 2 is 1.81 bits per heavy atom. The summed E-state index contributed by atoms with van der Waals surface area (Å²) in [6.45, 7) is 7.91. The number of aliphatic hydroxyl groups excluding tert-OH is 1. The van der Waals surface area contributed by atoms with Crippen LogP contribution in [0.3, 0.4) is 0 Å². The van der Waals surface area contributed by atoms with E-state index in [0.29, 0.717) is 6.42 Å². The van der Waals surface area contributed by atoms with Crippen LogP contribution in [-0.2, 0) is 23.8 Å². The number of ether oxygens (including phenoxy) is 3. The van der Waals surface area contributed by atoms with Crippen LogP contribution in [0.5, 0.6) is 0 Å². The van der Waals surface area contributed by atoms with E-state index in [9.17, 15) is 14.7 Å². The minimum Gasteiger partial charge on any atom is -0.494 e. The lowest BCUT2D eigenvalue weighted by Gasteiger charge is -2.33. The summed E-state index contributed by atoms with van der Waals surface area (Å²) in [7, 11) is 2.87. The summed E-state index contributed by atoms with van der Waals surface area (Å²) in [5.74, 6) is -0.420. The molecule has 1 N–H and O–H groups in total. The van der Waals surface area contributed by atoms with Crippen LogP contribution in [0.25, 0.3) is 0 Å². The number of rotatable bonds is 9. The molecule has 1 saturated heterocycles. The van der Waals surface area contributed by atoms with Crippen molar-refractivity contribution in [1.29, 1.82) is 0 Å². The molecule has 5 atom stereocenters. The number of hydrogen-bond donors (Lipinski definition) is 1. The monoisotopic (exact) mass is 434 g/mol. The van der Waals surface area contributed by atoms with E-state index in [1.165, 1.54) is 25.4 Å². The Bertz CT molecular complexity index is 747. The van der Waals surface area contributed by atoms with Gasteiger partial charge in [-0.15, -0.1) is 0 Å². The molecule has 6 heteroatoms. The third-order valence-electron chi connectivity index (χ3n) is 6.53. The quantitative estimate of drug-likeness (QED) is 0.426. The first-order chi connectivity index (χ1) is 14.7. The van der Waals surface area contributed by atoms with E-state index in [0.717, 1.165) is 32.1 Å². The van der Waals surface area contributed by atoms with Gasteiger partial charge in [-0.25, -0.2) is 0 Å². The highest BCUT2D eigenvalue weighted by molar-refractivity contribution is 5.97. The fraction of sp³-hybridized carbons (Fsp3) is 0.680. The van der Waals surface area contributed by atoms with Crippen molar-refractivity contribution >= 4 is 11.8 Å². The summed E-state index contributed by atoms with van der Waals surface area (Å²) in [6.07, 6.45) is 8.50. The second-order valence-electron chi connectivity index (χ2n) is 8.98. The molecule has 0 radical (unpaired) electrons. The SMILES string of the molecule is COC1=C(OC)C(O)C(CC=C(C)CCC=C(C)CC2CCC(C)C(=O)O2)C(C)C1=O. The number of allylic oxidation sites excluding steroid dienone is 4. The summed E-state index contributed by atoms with van der Waals surface area (Å²) >= 11 is 0. The van der Waals surface area contributed by atoms with Crippen molar-refractivity contribution in [2.45, 2.75) is 78.4 Å². The molecule has 0 bridgehead atoms. The Morgan fingerprint density at radius 3 is 2.42 bits per heavy atom. The average Bonchev–Trinajstić information content (AvgIpc) is 2.73. The Hall–Kier alpha value is -2.08. The number of ketones is 1. The Kier molecular flexibility index (Phi) is 9.35. The first kappa shape index (κ1) is 25.2. The molecule has 5 unspecified atom stereocenters. The van der Waals surface area contributed by atoms with Crippen molar-refractivity contribution in [2.24, 2.45) is 17.8 Å². The number of cyclic esters (lactones) is 1. The normalized spacial score (nSPS) is 30.4. The third-order valence-corrected chi connectivity index (χ3v) is 6.53. The van der Waals surface area contributed by atoms with Gasteiger partial charge >= 0.3 is 5.97 Å². The van der Waals surface area contributed by atoms with E-state index in [-0.39, 0.29) is 47.1 Å². The molecule has 0 spiro atoms. The van der Waals surface area contributed by atoms with Crippen LogP contribution in [0.2, 0.25) is 0 Å². The van der Waals surface area contributed by atoms with Gasteiger partial charge in [0, 0.05) is 18.3 Å². The maximum atomic E-state index is 12.5. The van der Waals surface area contributed by atoms with Crippen LogP contribution in [0, 0.1) is 17.8 Å². The fourth-order valence-corrected chi connectivity index (χ4v) is 4.34. The minimum absolute atomic E-state index is 0.00318. The molecule has 0 aromatic carbocycles. The van der Waals surface area contributed by atoms with Crippen molar-refractivity contribution in [1.82, 2.24) is 0 Å². The molecule has 1 heterocycles. The molecule has 2 rings (SSSR count). The zero-order valence-electron chi connectivity index (χ0n) is 19.8. The van der Waals surface area contributed by atoms with Crippen LogP contribution < -0.4 is 0 Å². The van der Waals surface area contributed by atoms with Gasteiger partial charge < -0.3 is 19.3 Å². The van der Waals surface area contributed by atoms with E-state index in [2.05, 4.69) is 26.0 Å². The molecule has 0 amide bonds. The van der Waals surface area contributed by atoms with E-state index in [4.69, 9.17) is 14.2 Å². The van der Waals surface area contributed by atoms with Gasteiger partial charge in [-0.1, -0.05) is 37.1 Å². The highest BCUT2D eigenvalue weighted by atomic mass is 16.5. The van der Waals surface area contributed by atoms with E-state index in [1.54, 1.807) is 0 Å². The molecule has 2 aliphatic rings.